The molecule has 0 saturated carbocycles. The van der Waals surface area contributed by atoms with Gasteiger partial charge in [-0.05, 0) is 48.4 Å². The van der Waals surface area contributed by atoms with Gasteiger partial charge in [-0.3, -0.25) is 4.79 Å². The Balaban J connectivity index is 1.65. The molecule has 124 valence electrons. The Hall–Kier alpha value is -3.15. The average Bonchev–Trinajstić information content (AvgIpc) is 2.99. The average molecular weight is 326 g/mol. The largest absolute Gasteiger partial charge is 0.504 e. The maximum Gasteiger partial charge on any atom is 0.251 e. The smallest absolute Gasteiger partial charge is 0.251 e. The van der Waals surface area contributed by atoms with Crippen molar-refractivity contribution < 1.29 is 19.7 Å². The standard InChI is InChI=1S/C18H18N2O4/c1-24-13-3-4-15-14(9-13)12(10-20-15)6-7-19-18(23)11-2-5-16(21)17(22)8-11/h2-5,8-10,20-22H,6-7H2,1H3,(H,19,23). The summed E-state index contributed by atoms with van der Waals surface area (Å²) in [6, 6.07) is 9.79. The maximum atomic E-state index is 12.1. The van der Waals surface area contributed by atoms with E-state index in [0.29, 0.717) is 18.5 Å². The first kappa shape index (κ1) is 15.7. The van der Waals surface area contributed by atoms with E-state index < -0.39 is 0 Å². The van der Waals surface area contributed by atoms with E-state index in [9.17, 15) is 15.0 Å². The number of amides is 1. The molecule has 0 bridgehead atoms. The second-order valence-corrected chi connectivity index (χ2v) is 5.43. The minimum absolute atomic E-state index is 0.251. The van der Waals surface area contributed by atoms with Gasteiger partial charge in [0.2, 0.25) is 0 Å². The molecule has 1 aromatic heterocycles. The summed E-state index contributed by atoms with van der Waals surface area (Å²) >= 11 is 0. The molecule has 6 heteroatoms. The summed E-state index contributed by atoms with van der Waals surface area (Å²) in [6.07, 6.45) is 2.58. The molecule has 4 N–H and O–H groups in total. The summed E-state index contributed by atoms with van der Waals surface area (Å²) < 4.78 is 5.24. The van der Waals surface area contributed by atoms with Gasteiger partial charge in [-0.25, -0.2) is 0 Å². The third kappa shape index (κ3) is 3.12. The fourth-order valence-electron chi connectivity index (χ4n) is 2.57. The van der Waals surface area contributed by atoms with Gasteiger partial charge in [-0.1, -0.05) is 0 Å². The van der Waals surface area contributed by atoms with E-state index in [-0.39, 0.29) is 17.4 Å². The molecule has 0 fully saturated rings. The van der Waals surface area contributed by atoms with Crippen LogP contribution in [0.3, 0.4) is 0 Å². The van der Waals surface area contributed by atoms with Gasteiger partial charge in [0.25, 0.3) is 5.91 Å². The SMILES string of the molecule is COc1ccc2[nH]cc(CCNC(=O)c3ccc(O)c(O)c3)c2c1. The molecule has 0 unspecified atom stereocenters. The normalized spacial score (nSPS) is 10.7. The lowest BCUT2D eigenvalue weighted by atomic mass is 10.1. The Bertz CT molecular complexity index is 886. The predicted octanol–water partition coefficient (Wildman–Crippen LogP) is 2.56. The number of hydrogen-bond donors (Lipinski definition) is 4. The molecule has 24 heavy (non-hydrogen) atoms. The predicted molar refractivity (Wildman–Crippen MR) is 90.7 cm³/mol. The number of carbonyl (C=O) groups excluding carboxylic acids is 1. The third-order valence-corrected chi connectivity index (χ3v) is 3.89. The van der Waals surface area contributed by atoms with Crippen LogP contribution in [0.2, 0.25) is 0 Å². The summed E-state index contributed by atoms with van der Waals surface area (Å²) in [4.78, 5) is 15.3. The Labute approximate surface area is 138 Å². The van der Waals surface area contributed by atoms with Crippen LogP contribution >= 0.6 is 0 Å². The van der Waals surface area contributed by atoms with Crippen LogP contribution in [0.25, 0.3) is 10.9 Å². The molecule has 0 saturated heterocycles. The van der Waals surface area contributed by atoms with E-state index in [1.165, 1.54) is 18.2 Å². The number of phenolic OH excluding ortho intramolecular Hbond substituents is 2. The maximum absolute atomic E-state index is 12.1. The number of aromatic nitrogens is 1. The van der Waals surface area contributed by atoms with E-state index in [0.717, 1.165) is 22.2 Å². The molecule has 0 aliphatic heterocycles. The number of fused-ring (bicyclic) bond motifs is 1. The lowest BCUT2D eigenvalue weighted by molar-refractivity contribution is 0.0953. The molecule has 0 atom stereocenters. The van der Waals surface area contributed by atoms with Gasteiger partial charge < -0.3 is 25.3 Å². The van der Waals surface area contributed by atoms with Crippen LogP contribution in [-0.2, 0) is 6.42 Å². The highest BCUT2D eigenvalue weighted by Gasteiger charge is 2.09. The number of carbonyl (C=O) groups is 1. The summed E-state index contributed by atoms with van der Waals surface area (Å²) in [7, 11) is 1.63. The monoisotopic (exact) mass is 326 g/mol. The highest BCUT2D eigenvalue weighted by Crippen LogP contribution is 2.25. The fraction of sp³-hybridized carbons (Fsp3) is 0.167. The number of benzene rings is 2. The molecule has 3 aromatic rings. The third-order valence-electron chi connectivity index (χ3n) is 3.89. The van der Waals surface area contributed by atoms with Crippen molar-refractivity contribution >= 4 is 16.8 Å². The lowest BCUT2D eigenvalue weighted by Gasteiger charge is -2.06. The van der Waals surface area contributed by atoms with Crippen LogP contribution in [0.5, 0.6) is 17.2 Å². The lowest BCUT2D eigenvalue weighted by Crippen LogP contribution is -2.25. The Morgan fingerprint density at radius 3 is 2.75 bits per heavy atom. The van der Waals surface area contributed by atoms with Crippen LogP contribution in [0, 0.1) is 0 Å². The number of aromatic amines is 1. The number of H-pyrrole nitrogens is 1. The zero-order chi connectivity index (χ0) is 17.1. The zero-order valence-corrected chi connectivity index (χ0v) is 13.2. The van der Waals surface area contributed by atoms with Crippen LogP contribution in [-0.4, -0.2) is 34.8 Å². The second-order valence-electron chi connectivity index (χ2n) is 5.43. The first-order valence-electron chi connectivity index (χ1n) is 7.52. The number of nitrogens with one attached hydrogen (secondary N) is 2. The molecule has 1 amide bonds. The quantitative estimate of drug-likeness (QED) is 0.542. The number of aromatic hydroxyl groups is 2. The van der Waals surface area contributed by atoms with Crippen molar-refractivity contribution in [1.82, 2.24) is 10.3 Å². The van der Waals surface area contributed by atoms with Gasteiger partial charge in [-0.15, -0.1) is 0 Å². The first-order valence-corrected chi connectivity index (χ1v) is 7.52. The van der Waals surface area contributed by atoms with Crippen molar-refractivity contribution in [3.8, 4) is 17.2 Å². The van der Waals surface area contributed by atoms with Crippen molar-refractivity contribution in [1.29, 1.82) is 0 Å². The van der Waals surface area contributed by atoms with E-state index in [4.69, 9.17) is 4.74 Å². The van der Waals surface area contributed by atoms with Crippen molar-refractivity contribution in [3.05, 3.63) is 53.7 Å². The van der Waals surface area contributed by atoms with Crippen molar-refractivity contribution in [3.63, 3.8) is 0 Å². The molecule has 6 nitrogen and oxygen atoms in total. The minimum atomic E-state index is -0.314. The molecular weight excluding hydrogens is 308 g/mol. The van der Waals surface area contributed by atoms with Crippen LogP contribution in [0.4, 0.5) is 0 Å². The molecule has 3 rings (SSSR count). The van der Waals surface area contributed by atoms with E-state index in [1.807, 2.05) is 24.4 Å². The van der Waals surface area contributed by atoms with E-state index >= 15 is 0 Å². The summed E-state index contributed by atoms with van der Waals surface area (Å²) in [5.41, 5.74) is 2.39. The molecule has 0 radical (unpaired) electrons. The van der Waals surface area contributed by atoms with E-state index in [2.05, 4.69) is 10.3 Å². The number of hydrogen-bond acceptors (Lipinski definition) is 4. The van der Waals surface area contributed by atoms with Gasteiger partial charge in [0.1, 0.15) is 5.75 Å². The van der Waals surface area contributed by atoms with Crippen LogP contribution in [0.15, 0.2) is 42.6 Å². The molecule has 0 aliphatic rings. The first-order chi connectivity index (χ1) is 11.6. The van der Waals surface area contributed by atoms with Gasteiger partial charge in [-0.2, -0.15) is 0 Å². The molecule has 1 heterocycles. The Morgan fingerprint density at radius 1 is 1.17 bits per heavy atom. The Kier molecular flexibility index (Phi) is 4.29. The number of ether oxygens (including phenoxy) is 1. The van der Waals surface area contributed by atoms with Crippen molar-refractivity contribution in [2.24, 2.45) is 0 Å². The van der Waals surface area contributed by atoms with Gasteiger partial charge in [0, 0.05) is 29.2 Å². The summed E-state index contributed by atoms with van der Waals surface area (Å²) in [5.74, 6) is -0.0830. The van der Waals surface area contributed by atoms with Gasteiger partial charge >= 0.3 is 0 Å². The van der Waals surface area contributed by atoms with Gasteiger partial charge in [0.05, 0.1) is 7.11 Å². The number of phenols is 2. The fourth-order valence-corrected chi connectivity index (χ4v) is 2.57. The highest BCUT2D eigenvalue weighted by molar-refractivity contribution is 5.94. The zero-order valence-electron chi connectivity index (χ0n) is 13.2. The van der Waals surface area contributed by atoms with Gasteiger partial charge in [0.15, 0.2) is 11.5 Å². The summed E-state index contributed by atoms with van der Waals surface area (Å²) in [5, 5.41) is 22.6. The minimum Gasteiger partial charge on any atom is -0.504 e. The molecular formula is C18H18N2O4. The molecule has 2 aromatic carbocycles. The second kappa shape index (κ2) is 6.54. The topological polar surface area (TPSA) is 94.6 Å². The molecule has 0 spiro atoms. The summed E-state index contributed by atoms with van der Waals surface area (Å²) in [6.45, 7) is 0.449. The van der Waals surface area contributed by atoms with E-state index in [1.54, 1.807) is 7.11 Å². The highest BCUT2D eigenvalue weighted by atomic mass is 16.5. The van der Waals surface area contributed by atoms with Crippen LogP contribution in [0.1, 0.15) is 15.9 Å². The number of rotatable bonds is 5. The molecule has 0 aliphatic carbocycles. The van der Waals surface area contributed by atoms with Crippen molar-refractivity contribution in [2.45, 2.75) is 6.42 Å². The van der Waals surface area contributed by atoms with Crippen molar-refractivity contribution in [2.75, 3.05) is 13.7 Å². The number of methoxy groups -OCH3 is 1. The van der Waals surface area contributed by atoms with Crippen LogP contribution < -0.4 is 10.1 Å². The Morgan fingerprint density at radius 2 is 2.00 bits per heavy atom.